The van der Waals surface area contributed by atoms with Crippen LogP contribution in [0.3, 0.4) is 0 Å². The van der Waals surface area contributed by atoms with Crippen molar-refractivity contribution >= 4 is 65.9 Å². The molecule has 234 valence electrons. The van der Waals surface area contributed by atoms with E-state index in [0.29, 0.717) is 0 Å². The maximum Gasteiger partial charge on any atom is 0.136 e. The van der Waals surface area contributed by atoms with E-state index in [9.17, 15) is 13.7 Å². The number of hydrogen-bond acceptors (Lipinski definition) is 1. The van der Waals surface area contributed by atoms with Crippen LogP contribution in [0.1, 0.15) is 39.8 Å². The fourth-order valence-electron chi connectivity index (χ4n) is 5.74. The van der Waals surface area contributed by atoms with Crippen LogP contribution in [0.4, 0.5) is 0 Å². The smallest absolute Gasteiger partial charge is 0.136 e. The van der Waals surface area contributed by atoms with E-state index in [-0.39, 0.29) is 0 Å². The lowest BCUT2D eigenvalue weighted by molar-refractivity contribution is 0.669. The first-order valence-electron chi connectivity index (χ1n) is 29.1. The quantitative estimate of drug-likeness (QED) is 0.168. The van der Waals surface area contributed by atoms with Gasteiger partial charge in [0.25, 0.3) is 0 Å². The largest absolute Gasteiger partial charge is 0.456 e. The van der Waals surface area contributed by atoms with E-state index >= 15 is 0 Å². The van der Waals surface area contributed by atoms with Gasteiger partial charge in [-0.05, 0) is 108 Å². The van der Waals surface area contributed by atoms with E-state index in [1.165, 1.54) is 0 Å². The Morgan fingerprint density at radius 2 is 0.860 bits per heavy atom. The van der Waals surface area contributed by atoms with Gasteiger partial charge in [-0.3, -0.25) is 0 Å². The van der Waals surface area contributed by atoms with Gasteiger partial charge in [-0.25, -0.2) is 0 Å². The van der Waals surface area contributed by atoms with Crippen molar-refractivity contribution in [2.45, 2.75) is 0 Å². The standard InChI is InChI=1S/C48H29ClO/c49-44-24-22-35(30-10-2-1-3-11-30)28-43(44)48-39-16-8-6-14-37(39)47(38-15-7-9-17-40(38)48)32-20-18-31(19-21-32)36-23-25-45-41(27-36)42-26-33-12-4-5-13-34(33)29-46(42)50-45/h1-29H/i1D,2D,3D,4D,5D,6D,7D,8D,9D,10D,11D,12D,13D,14D,15D,16D,17D,18D,19D,20D,21D,22D,23D,24D,25D,26D,27D,28D,29D. The molecule has 50 heavy (non-hydrogen) atoms. The molecule has 1 aromatic heterocycles. The van der Waals surface area contributed by atoms with Crippen LogP contribution in [-0.4, -0.2) is 0 Å². The summed E-state index contributed by atoms with van der Waals surface area (Å²) in [5.74, 6) is 0. The van der Waals surface area contributed by atoms with Gasteiger partial charge in [0.15, 0.2) is 0 Å². The second kappa shape index (κ2) is 11.5. The van der Waals surface area contributed by atoms with Crippen LogP contribution < -0.4 is 0 Å². The Morgan fingerprint density at radius 1 is 0.360 bits per heavy atom. The lowest BCUT2D eigenvalue weighted by Crippen LogP contribution is -1.92. The third kappa shape index (κ3) is 4.63. The zero-order valence-electron chi connectivity index (χ0n) is 53.8. The highest BCUT2D eigenvalue weighted by Gasteiger charge is 2.19. The van der Waals surface area contributed by atoms with Gasteiger partial charge in [0, 0.05) is 21.4 Å². The summed E-state index contributed by atoms with van der Waals surface area (Å²) < 4.78 is 266. The first kappa shape index (κ1) is 12.0. The SMILES string of the molecule is [2H]c1c([2H])c([2H])c(-c2c([2H])c([2H])c(Cl)c(-c3c4c([2H])c([2H])c([2H])c([2H])c4c(-c4c([2H])c([2H])c(-c5c([2H])c([2H])c6oc7c([2H])c8c([2H])c([2H])c([2H])c([2H])c8c([2H])c7c6c5[2H])c([2H])c4[2H])c4c([2H])c([2H])c([2H])c([2H])c34)c2[2H])c([2H])c1[2H]. The highest BCUT2D eigenvalue weighted by molar-refractivity contribution is 6.35. The Balaban J connectivity index is 1.39. The molecule has 0 aliphatic heterocycles. The molecule has 10 rings (SSSR count). The van der Waals surface area contributed by atoms with Crippen LogP contribution in [0.2, 0.25) is 5.02 Å². The molecular formula is C48H29ClO. The predicted octanol–water partition coefficient (Wildman–Crippen LogP) is 14.4. The average Bonchev–Trinajstić information content (AvgIpc) is 3.83. The van der Waals surface area contributed by atoms with E-state index in [1.54, 1.807) is 0 Å². The van der Waals surface area contributed by atoms with Crippen molar-refractivity contribution in [3.63, 3.8) is 0 Å². The minimum atomic E-state index is -1.13. The molecule has 1 nitrogen and oxygen atoms in total. The Hall–Kier alpha value is -6.15. The molecule has 2 heteroatoms. The van der Waals surface area contributed by atoms with E-state index < -0.39 is 279 Å². The van der Waals surface area contributed by atoms with Gasteiger partial charge in [0.2, 0.25) is 0 Å². The van der Waals surface area contributed by atoms with Crippen LogP contribution in [0.15, 0.2) is 180 Å². The summed E-state index contributed by atoms with van der Waals surface area (Å²) >= 11 is 6.86. The molecule has 0 amide bonds. The topological polar surface area (TPSA) is 13.1 Å². The van der Waals surface area contributed by atoms with Crippen LogP contribution in [0.25, 0.3) is 98.8 Å². The van der Waals surface area contributed by atoms with E-state index in [4.69, 9.17) is 42.1 Å². The van der Waals surface area contributed by atoms with Gasteiger partial charge in [0.1, 0.15) is 11.2 Å². The normalized spacial score (nSPS) is 19.8. The molecular weight excluding hydrogens is 628 g/mol. The molecule has 0 radical (unpaired) electrons. The van der Waals surface area contributed by atoms with E-state index in [1.807, 2.05) is 0 Å². The Bertz CT molecular complexity index is 4460. The minimum absolute atomic E-state index is 0.432. The number of rotatable bonds is 4. The molecule has 0 saturated heterocycles. The molecule has 0 unspecified atom stereocenters. The highest BCUT2D eigenvalue weighted by Crippen LogP contribution is 2.46. The summed E-state index contributed by atoms with van der Waals surface area (Å²) in [7, 11) is 0. The van der Waals surface area contributed by atoms with Crippen molar-refractivity contribution in [3.8, 4) is 44.5 Å². The van der Waals surface area contributed by atoms with Gasteiger partial charge in [-0.2, -0.15) is 0 Å². The van der Waals surface area contributed by atoms with E-state index in [0.717, 1.165) is 0 Å². The van der Waals surface area contributed by atoms with Gasteiger partial charge in [-0.15, -0.1) is 0 Å². The van der Waals surface area contributed by atoms with Crippen molar-refractivity contribution in [2.75, 3.05) is 0 Å². The highest BCUT2D eigenvalue weighted by atomic mass is 35.5. The molecule has 0 saturated carbocycles. The molecule has 0 aliphatic carbocycles. The molecule has 0 fully saturated rings. The van der Waals surface area contributed by atoms with Gasteiger partial charge in [-0.1, -0.05) is 151 Å². The number of fused-ring (bicyclic) bond motifs is 6. The molecule has 0 bridgehead atoms. The second-order valence-corrected chi connectivity index (χ2v) is 11.1. The maximum atomic E-state index is 9.63. The summed E-state index contributed by atoms with van der Waals surface area (Å²) in [6, 6.07) is -27.1. The van der Waals surface area contributed by atoms with Gasteiger partial charge in [0.05, 0.1) is 39.8 Å². The number of furan rings is 1. The van der Waals surface area contributed by atoms with Gasteiger partial charge < -0.3 is 4.42 Å². The maximum absolute atomic E-state index is 9.63. The van der Waals surface area contributed by atoms with E-state index in [2.05, 4.69) is 0 Å². The number of halogens is 1. The lowest BCUT2D eigenvalue weighted by Gasteiger charge is -2.19. The third-order valence-electron chi connectivity index (χ3n) is 7.90. The predicted molar refractivity (Wildman–Crippen MR) is 213 cm³/mol. The number of benzene rings is 9. The van der Waals surface area contributed by atoms with Crippen LogP contribution in [0, 0.1) is 0 Å². The number of hydrogen-bond donors (Lipinski definition) is 0. The molecule has 9 aromatic carbocycles. The van der Waals surface area contributed by atoms with Crippen molar-refractivity contribution in [1.29, 1.82) is 0 Å². The molecule has 0 aliphatic rings. The summed E-state index contributed by atoms with van der Waals surface area (Å²) in [5, 5.41) is -5.77. The third-order valence-corrected chi connectivity index (χ3v) is 8.19. The van der Waals surface area contributed by atoms with Crippen LogP contribution in [0.5, 0.6) is 0 Å². The monoisotopic (exact) mass is 685 g/mol. The second-order valence-electron chi connectivity index (χ2n) is 10.7. The first-order valence-corrected chi connectivity index (χ1v) is 15.0. The molecule has 1 heterocycles. The zero-order chi connectivity index (χ0) is 58.4. The van der Waals surface area contributed by atoms with Crippen molar-refractivity contribution in [1.82, 2.24) is 0 Å². The van der Waals surface area contributed by atoms with Crippen molar-refractivity contribution < 1.29 is 44.2 Å². The molecule has 0 atom stereocenters. The summed E-state index contributed by atoms with van der Waals surface area (Å²) in [4.78, 5) is 0. The average molecular weight is 686 g/mol. The fraction of sp³-hybridized carbons (Fsp3) is 0. The van der Waals surface area contributed by atoms with Gasteiger partial charge >= 0.3 is 0 Å². The van der Waals surface area contributed by atoms with Crippen molar-refractivity contribution in [2.24, 2.45) is 0 Å². The molecule has 0 spiro atoms. The van der Waals surface area contributed by atoms with Crippen LogP contribution >= 0.6 is 11.6 Å². The minimum Gasteiger partial charge on any atom is -0.456 e. The fourth-order valence-corrected chi connectivity index (χ4v) is 5.92. The molecule has 0 N–H and O–H groups in total. The lowest BCUT2D eigenvalue weighted by atomic mass is 9.85. The van der Waals surface area contributed by atoms with Crippen molar-refractivity contribution in [3.05, 3.63) is 180 Å². The Morgan fingerprint density at radius 3 is 1.56 bits per heavy atom. The molecule has 10 aromatic rings. The summed E-state index contributed by atoms with van der Waals surface area (Å²) in [6.45, 7) is 0. The Kier molecular flexibility index (Phi) is 2.76. The first-order chi connectivity index (χ1) is 36.8. The summed E-state index contributed by atoms with van der Waals surface area (Å²) in [5.41, 5.74) is -7.57. The Labute approximate surface area is 335 Å². The zero-order valence-corrected chi connectivity index (χ0v) is 25.5. The van der Waals surface area contributed by atoms with Crippen LogP contribution in [-0.2, 0) is 0 Å². The summed E-state index contributed by atoms with van der Waals surface area (Å²) in [6.07, 6.45) is 0.